The third-order valence-electron chi connectivity index (χ3n) is 5.34. The topological polar surface area (TPSA) is 60.9 Å². The molecule has 2 aromatic rings. The number of aliphatic hydroxyl groups is 1. The lowest BCUT2D eigenvalue weighted by Crippen LogP contribution is -2.37. The molecule has 7 heteroatoms. The smallest absolute Gasteiger partial charge is 0.295 e. The van der Waals surface area contributed by atoms with Crippen molar-refractivity contribution in [3.63, 3.8) is 0 Å². The lowest BCUT2D eigenvalue weighted by molar-refractivity contribution is -0.140. The van der Waals surface area contributed by atoms with Gasteiger partial charge in [0.05, 0.1) is 11.6 Å². The van der Waals surface area contributed by atoms with Crippen LogP contribution in [-0.2, 0) is 9.59 Å². The Balaban J connectivity index is 2.09. The number of aryl methyl sites for hydroxylation is 1. The van der Waals surface area contributed by atoms with Gasteiger partial charge in [-0.25, -0.2) is 0 Å². The van der Waals surface area contributed by atoms with E-state index in [1.54, 1.807) is 29.2 Å². The van der Waals surface area contributed by atoms with Crippen LogP contribution in [0.4, 0.5) is 0 Å². The van der Waals surface area contributed by atoms with Gasteiger partial charge in [-0.15, -0.1) is 11.3 Å². The molecule has 1 aliphatic heterocycles. The molecule has 1 N–H and O–H groups in total. The number of likely N-dealkylation sites (tertiary alicyclic amines) is 1. The largest absolute Gasteiger partial charge is 0.507 e. The van der Waals surface area contributed by atoms with E-state index in [1.807, 2.05) is 18.4 Å². The molecule has 1 amide bonds. The van der Waals surface area contributed by atoms with Crippen LogP contribution in [0.25, 0.3) is 5.76 Å². The van der Waals surface area contributed by atoms with Crippen LogP contribution in [0.15, 0.2) is 41.3 Å². The first kappa shape index (κ1) is 21.6. The molecule has 1 aromatic heterocycles. The Kier molecular flexibility index (Phi) is 6.77. The SMILES string of the molecule is CCN(CC)CCN1C(=O)C(=O)/C(=C(\O)c2cccc(Cl)c2)C1c1sccc1C. The fourth-order valence-corrected chi connectivity index (χ4v) is 4.87. The van der Waals surface area contributed by atoms with E-state index < -0.39 is 17.7 Å². The van der Waals surface area contributed by atoms with E-state index in [0.29, 0.717) is 23.7 Å². The minimum atomic E-state index is -0.653. The van der Waals surface area contributed by atoms with Gasteiger partial charge in [-0.05, 0) is 49.2 Å². The van der Waals surface area contributed by atoms with Crippen LogP contribution in [0, 0.1) is 6.92 Å². The van der Waals surface area contributed by atoms with Gasteiger partial charge in [0, 0.05) is 28.6 Å². The Morgan fingerprint density at radius 1 is 1.24 bits per heavy atom. The summed E-state index contributed by atoms with van der Waals surface area (Å²) in [5, 5.41) is 13.4. The highest BCUT2D eigenvalue weighted by molar-refractivity contribution is 7.10. The fourth-order valence-electron chi connectivity index (χ4n) is 3.63. The highest BCUT2D eigenvalue weighted by Crippen LogP contribution is 2.42. The van der Waals surface area contributed by atoms with Crippen molar-refractivity contribution < 1.29 is 14.7 Å². The predicted molar refractivity (Wildman–Crippen MR) is 117 cm³/mol. The lowest BCUT2D eigenvalue weighted by atomic mass is 9.98. The van der Waals surface area contributed by atoms with Crippen molar-refractivity contribution in [3.05, 3.63) is 62.3 Å². The van der Waals surface area contributed by atoms with Crippen molar-refractivity contribution in [3.8, 4) is 0 Å². The van der Waals surface area contributed by atoms with Gasteiger partial charge >= 0.3 is 0 Å². The number of thiophene rings is 1. The second-order valence-corrected chi connectivity index (χ2v) is 8.38. The fraction of sp³-hybridized carbons (Fsp3) is 0.364. The van der Waals surface area contributed by atoms with Crippen molar-refractivity contribution >= 4 is 40.4 Å². The van der Waals surface area contributed by atoms with Crippen molar-refractivity contribution in [1.29, 1.82) is 0 Å². The molecule has 29 heavy (non-hydrogen) atoms. The Morgan fingerprint density at radius 2 is 1.97 bits per heavy atom. The van der Waals surface area contributed by atoms with Gasteiger partial charge in [0.2, 0.25) is 0 Å². The second kappa shape index (κ2) is 9.11. The Labute approximate surface area is 180 Å². The maximum Gasteiger partial charge on any atom is 0.295 e. The van der Waals surface area contributed by atoms with Crippen LogP contribution in [0.3, 0.4) is 0 Å². The van der Waals surface area contributed by atoms with Crippen LogP contribution >= 0.6 is 22.9 Å². The first-order chi connectivity index (χ1) is 13.9. The summed E-state index contributed by atoms with van der Waals surface area (Å²) in [6.45, 7) is 8.90. The molecular formula is C22H25ClN2O3S. The Hall–Kier alpha value is -2.15. The highest BCUT2D eigenvalue weighted by Gasteiger charge is 2.46. The summed E-state index contributed by atoms with van der Waals surface area (Å²) in [4.78, 5) is 30.6. The molecule has 154 valence electrons. The number of Topliss-reactive ketones (excluding diaryl/α,β-unsaturated/α-hetero) is 1. The molecule has 1 aromatic carbocycles. The highest BCUT2D eigenvalue weighted by atomic mass is 35.5. The zero-order valence-corrected chi connectivity index (χ0v) is 18.4. The minimum Gasteiger partial charge on any atom is -0.507 e. The number of carbonyl (C=O) groups is 2. The van der Waals surface area contributed by atoms with Crippen molar-refractivity contribution in [1.82, 2.24) is 9.80 Å². The maximum absolute atomic E-state index is 13.0. The number of carbonyl (C=O) groups excluding carboxylic acids is 2. The normalized spacial score (nSPS) is 18.8. The Morgan fingerprint density at radius 3 is 2.55 bits per heavy atom. The van der Waals surface area contributed by atoms with E-state index in [2.05, 4.69) is 18.7 Å². The molecule has 0 spiro atoms. The van der Waals surface area contributed by atoms with Gasteiger partial charge in [0.1, 0.15) is 5.76 Å². The molecule has 1 saturated heterocycles. The van der Waals surface area contributed by atoms with Gasteiger partial charge in [-0.3, -0.25) is 9.59 Å². The van der Waals surface area contributed by atoms with Gasteiger partial charge in [-0.2, -0.15) is 0 Å². The average molecular weight is 433 g/mol. The summed E-state index contributed by atoms with van der Waals surface area (Å²) >= 11 is 7.56. The third kappa shape index (κ3) is 4.25. The molecule has 2 heterocycles. The number of halogens is 1. The van der Waals surface area contributed by atoms with E-state index in [1.165, 1.54) is 11.3 Å². The number of ketones is 1. The molecule has 1 atom stereocenters. The summed E-state index contributed by atoms with van der Waals surface area (Å²) in [5.41, 5.74) is 1.55. The monoisotopic (exact) mass is 432 g/mol. The molecule has 0 aliphatic carbocycles. The summed E-state index contributed by atoms with van der Waals surface area (Å²) < 4.78 is 0. The van der Waals surface area contributed by atoms with E-state index in [-0.39, 0.29) is 11.3 Å². The van der Waals surface area contributed by atoms with Crippen LogP contribution in [-0.4, -0.2) is 52.8 Å². The van der Waals surface area contributed by atoms with Crippen molar-refractivity contribution in [2.75, 3.05) is 26.2 Å². The summed E-state index contributed by atoms with van der Waals surface area (Å²) in [7, 11) is 0. The third-order valence-corrected chi connectivity index (χ3v) is 6.65. The van der Waals surface area contributed by atoms with Gasteiger partial charge in [0.25, 0.3) is 11.7 Å². The van der Waals surface area contributed by atoms with E-state index >= 15 is 0 Å². The molecule has 0 bridgehead atoms. The maximum atomic E-state index is 13.0. The number of nitrogens with zero attached hydrogens (tertiary/aromatic N) is 2. The van der Waals surface area contributed by atoms with Crippen LogP contribution < -0.4 is 0 Å². The number of hydrogen-bond donors (Lipinski definition) is 1. The molecule has 0 saturated carbocycles. The van der Waals surface area contributed by atoms with Crippen LogP contribution in [0.5, 0.6) is 0 Å². The molecule has 5 nitrogen and oxygen atoms in total. The molecule has 0 radical (unpaired) electrons. The molecular weight excluding hydrogens is 408 g/mol. The predicted octanol–water partition coefficient (Wildman–Crippen LogP) is 4.47. The zero-order chi connectivity index (χ0) is 21.1. The standard InChI is InChI=1S/C22H25ClN2O3S/c1-4-24(5-2)10-11-25-18(21-14(3)9-12-29-21)17(20(27)22(25)28)19(26)15-7-6-8-16(23)13-15/h6-9,12-13,18,26H,4-5,10-11H2,1-3H3/b19-17-. The average Bonchev–Trinajstić information content (AvgIpc) is 3.23. The number of benzene rings is 1. The first-order valence-electron chi connectivity index (χ1n) is 9.69. The van der Waals surface area contributed by atoms with Crippen molar-refractivity contribution in [2.24, 2.45) is 0 Å². The second-order valence-electron chi connectivity index (χ2n) is 7.00. The van der Waals surface area contributed by atoms with Crippen LogP contribution in [0.2, 0.25) is 5.02 Å². The summed E-state index contributed by atoms with van der Waals surface area (Å²) in [5.74, 6) is -1.41. The number of likely N-dealkylation sites (N-methyl/N-ethyl adjacent to an activating group) is 1. The molecule has 3 rings (SSSR count). The molecule has 1 aliphatic rings. The van der Waals surface area contributed by atoms with Gasteiger partial charge in [0.15, 0.2) is 0 Å². The summed E-state index contributed by atoms with van der Waals surface area (Å²) in [6.07, 6.45) is 0. The Bertz CT molecular complexity index is 949. The number of hydrogen-bond acceptors (Lipinski definition) is 5. The van der Waals surface area contributed by atoms with Gasteiger partial charge in [-0.1, -0.05) is 37.6 Å². The first-order valence-corrected chi connectivity index (χ1v) is 10.9. The van der Waals surface area contributed by atoms with E-state index in [9.17, 15) is 14.7 Å². The van der Waals surface area contributed by atoms with Crippen LogP contribution in [0.1, 0.15) is 35.9 Å². The van der Waals surface area contributed by atoms with Crippen molar-refractivity contribution in [2.45, 2.75) is 26.8 Å². The number of rotatable bonds is 7. The zero-order valence-electron chi connectivity index (χ0n) is 16.8. The molecule has 1 unspecified atom stereocenters. The van der Waals surface area contributed by atoms with E-state index in [0.717, 1.165) is 23.5 Å². The van der Waals surface area contributed by atoms with Gasteiger partial charge < -0.3 is 14.9 Å². The number of aliphatic hydroxyl groups excluding tert-OH is 1. The quantitative estimate of drug-likeness (QED) is 0.398. The van der Waals surface area contributed by atoms with E-state index in [4.69, 9.17) is 11.6 Å². The molecule has 1 fully saturated rings. The summed E-state index contributed by atoms with van der Waals surface area (Å²) in [6, 6.07) is 8.05. The minimum absolute atomic E-state index is 0.127. The lowest BCUT2D eigenvalue weighted by Gasteiger charge is -2.27. The number of amides is 1.